The van der Waals surface area contributed by atoms with E-state index < -0.39 is 11.5 Å². The van der Waals surface area contributed by atoms with E-state index in [0.29, 0.717) is 5.69 Å². The van der Waals surface area contributed by atoms with Gasteiger partial charge in [0.2, 0.25) is 0 Å². The highest BCUT2D eigenvalue weighted by atomic mass is 35.5. The first-order chi connectivity index (χ1) is 7.71. The smallest absolute Gasteiger partial charge is 0.323 e. The summed E-state index contributed by atoms with van der Waals surface area (Å²) in [6, 6.07) is 1.51. The van der Waals surface area contributed by atoms with E-state index in [2.05, 4.69) is 10.2 Å². The summed E-state index contributed by atoms with van der Waals surface area (Å²) in [5.41, 5.74) is 0.0376. The Morgan fingerprint density at radius 2 is 2.00 bits per heavy atom. The van der Waals surface area contributed by atoms with Gasteiger partial charge in [-0.05, 0) is 20.8 Å². The Hall–Kier alpha value is -1.07. The lowest BCUT2D eigenvalue weighted by Crippen LogP contribution is -2.45. The van der Waals surface area contributed by atoms with E-state index in [-0.39, 0.29) is 16.9 Å². The van der Waals surface area contributed by atoms with Crippen LogP contribution in [-0.2, 0) is 4.79 Å². The maximum absolute atomic E-state index is 10.9. The van der Waals surface area contributed by atoms with Crippen LogP contribution in [0.1, 0.15) is 20.8 Å². The predicted octanol–water partition coefficient (Wildman–Crippen LogP) is 2.47. The summed E-state index contributed by atoms with van der Waals surface area (Å²) >= 11 is 11.7. The lowest BCUT2D eigenvalue weighted by Gasteiger charge is -2.36. The van der Waals surface area contributed by atoms with Crippen LogP contribution < -0.4 is 4.90 Å². The van der Waals surface area contributed by atoms with Crippen LogP contribution in [0.4, 0.5) is 5.69 Å². The van der Waals surface area contributed by atoms with Gasteiger partial charge in [0.15, 0.2) is 10.3 Å². The van der Waals surface area contributed by atoms with E-state index in [4.69, 9.17) is 28.3 Å². The number of carbonyl (C=O) groups is 1. The molecule has 0 aliphatic rings. The van der Waals surface area contributed by atoms with Crippen molar-refractivity contribution in [3.63, 3.8) is 0 Å². The first-order valence-electron chi connectivity index (χ1n) is 4.90. The summed E-state index contributed by atoms with van der Waals surface area (Å²) in [6.07, 6.45) is 0. The lowest BCUT2D eigenvalue weighted by molar-refractivity contribution is -0.135. The second kappa shape index (κ2) is 5.06. The van der Waals surface area contributed by atoms with Gasteiger partial charge in [0.25, 0.3) is 0 Å². The summed E-state index contributed by atoms with van der Waals surface area (Å²) in [5.74, 6) is -0.955. The minimum atomic E-state index is -0.955. The Kier molecular flexibility index (Phi) is 4.16. The lowest BCUT2D eigenvalue weighted by atomic mass is 10.1. The highest BCUT2D eigenvalue weighted by Crippen LogP contribution is 2.30. The Balaban J connectivity index is 3.21. The molecule has 7 heteroatoms. The van der Waals surface area contributed by atoms with Crippen molar-refractivity contribution in [2.45, 2.75) is 26.3 Å². The molecule has 0 aromatic carbocycles. The van der Waals surface area contributed by atoms with Crippen molar-refractivity contribution in [1.82, 2.24) is 10.2 Å². The molecule has 94 valence electrons. The van der Waals surface area contributed by atoms with Gasteiger partial charge in [0.1, 0.15) is 6.54 Å². The number of rotatable bonds is 3. The maximum Gasteiger partial charge on any atom is 0.323 e. The zero-order chi connectivity index (χ0) is 13.2. The highest BCUT2D eigenvalue weighted by Gasteiger charge is 2.26. The van der Waals surface area contributed by atoms with Crippen LogP contribution in [0.2, 0.25) is 10.3 Å². The van der Waals surface area contributed by atoms with Gasteiger partial charge in [-0.1, -0.05) is 23.2 Å². The summed E-state index contributed by atoms with van der Waals surface area (Å²) < 4.78 is 0. The zero-order valence-corrected chi connectivity index (χ0v) is 11.2. The van der Waals surface area contributed by atoms with Gasteiger partial charge in [-0.15, -0.1) is 10.2 Å². The monoisotopic (exact) mass is 277 g/mol. The van der Waals surface area contributed by atoms with Gasteiger partial charge in [0, 0.05) is 11.6 Å². The Bertz CT molecular complexity index is 432. The van der Waals surface area contributed by atoms with Crippen LogP contribution >= 0.6 is 23.2 Å². The molecule has 0 fully saturated rings. The van der Waals surface area contributed by atoms with Crippen molar-refractivity contribution in [1.29, 1.82) is 0 Å². The topological polar surface area (TPSA) is 66.3 Å². The third-order valence-electron chi connectivity index (χ3n) is 2.09. The number of nitrogens with zero attached hydrogens (tertiary/aromatic N) is 3. The van der Waals surface area contributed by atoms with E-state index in [0.717, 1.165) is 0 Å². The number of hydrogen-bond donors (Lipinski definition) is 1. The molecule has 1 aromatic rings. The van der Waals surface area contributed by atoms with Crippen LogP contribution in [-0.4, -0.2) is 33.4 Å². The fourth-order valence-electron chi connectivity index (χ4n) is 1.35. The molecule has 0 bridgehead atoms. The van der Waals surface area contributed by atoms with Gasteiger partial charge in [-0.2, -0.15) is 0 Å². The summed E-state index contributed by atoms with van der Waals surface area (Å²) in [6.45, 7) is 5.44. The number of aromatic nitrogens is 2. The standard InChI is InChI=1S/C10H13Cl2N3O2/c1-10(2,3)15(5-8(16)17)6-4-7(11)13-14-9(6)12/h4H,5H2,1-3H3,(H,16,17). The molecule has 17 heavy (non-hydrogen) atoms. The molecule has 1 heterocycles. The highest BCUT2D eigenvalue weighted by molar-refractivity contribution is 6.33. The van der Waals surface area contributed by atoms with Crippen molar-refractivity contribution in [2.75, 3.05) is 11.4 Å². The first-order valence-corrected chi connectivity index (χ1v) is 5.65. The maximum atomic E-state index is 10.9. The van der Waals surface area contributed by atoms with E-state index in [1.54, 1.807) is 4.90 Å². The number of aliphatic carboxylic acids is 1. The van der Waals surface area contributed by atoms with E-state index in [9.17, 15) is 4.79 Å². The average Bonchev–Trinajstić information content (AvgIpc) is 2.16. The van der Waals surface area contributed by atoms with Gasteiger partial charge < -0.3 is 10.0 Å². The molecule has 0 saturated heterocycles. The molecular weight excluding hydrogens is 265 g/mol. The second-order valence-electron chi connectivity index (χ2n) is 4.49. The molecule has 0 unspecified atom stereocenters. The third kappa shape index (κ3) is 3.71. The minimum absolute atomic E-state index is 0.130. The molecule has 0 radical (unpaired) electrons. The fourth-order valence-corrected chi connectivity index (χ4v) is 1.69. The quantitative estimate of drug-likeness (QED) is 0.920. The van der Waals surface area contributed by atoms with Crippen LogP contribution in [0.5, 0.6) is 0 Å². The van der Waals surface area contributed by atoms with Crippen LogP contribution in [0.25, 0.3) is 0 Å². The van der Waals surface area contributed by atoms with E-state index >= 15 is 0 Å². The minimum Gasteiger partial charge on any atom is -0.480 e. The first kappa shape index (κ1) is 14.0. The molecule has 0 atom stereocenters. The zero-order valence-electron chi connectivity index (χ0n) is 9.74. The van der Waals surface area contributed by atoms with Gasteiger partial charge >= 0.3 is 5.97 Å². The van der Waals surface area contributed by atoms with Crippen molar-refractivity contribution in [2.24, 2.45) is 0 Å². The van der Waals surface area contributed by atoms with Crippen molar-refractivity contribution < 1.29 is 9.90 Å². The Labute approximate surface area is 109 Å². The molecule has 0 amide bonds. The summed E-state index contributed by atoms with van der Waals surface area (Å²) in [4.78, 5) is 12.5. The van der Waals surface area contributed by atoms with Gasteiger partial charge in [0.05, 0.1) is 5.69 Å². The van der Waals surface area contributed by atoms with Crippen molar-refractivity contribution >= 4 is 34.9 Å². The molecule has 1 aromatic heterocycles. The number of anilines is 1. The second-order valence-corrected chi connectivity index (χ2v) is 5.24. The molecular formula is C10H13Cl2N3O2. The number of halogens is 2. The number of hydrogen-bond acceptors (Lipinski definition) is 4. The molecule has 0 aliphatic heterocycles. The normalized spacial score (nSPS) is 11.4. The van der Waals surface area contributed by atoms with E-state index in [1.165, 1.54) is 6.07 Å². The molecule has 1 rings (SSSR count). The molecule has 5 nitrogen and oxygen atoms in total. The molecule has 0 saturated carbocycles. The summed E-state index contributed by atoms with van der Waals surface area (Å²) in [7, 11) is 0. The predicted molar refractivity (Wildman–Crippen MR) is 66.8 cm³/mol. The van der Waals surface area contributed by atoms with Crippen molar-refractivity contribution in [3.8, 4) is 0 Å². The van der Waals surface area contributed by atoms with Gasteiger partial charge in [-0.25, -0.2) is 0 Å². The van der Waals surface area contributed by atoms with Gasteiger partial charge in [-0.3, -0.25) is 4.79 Å². The number of carboxylic acids is 1. The molecule has 0 aliphatic carbocycles. The largest absolute Gasteiger partial charge is 0.480 e. The number of carboxylic acid groups (broad SMARTS) is 1. The fraction of sp³-hybridized carbons (Fsp3) is 0.500. The average molecular weight is 278 g/mol. The Morgan fingerprint density at radius 1 is 1.41 bits per heavy atom. The molecule has 1 N–H and O–H groups in total. The third-order valence-corrected chi connectivity index (χ3v) is 2.55. The van der Waals surface area contributed by atoms with E-state index in [1.807, 2.05) is 20.8 Å². The van der Waals surface area contributed by atoms with Crippen LogP contribution in [0, 0.1) is 0 Å². The molecule has 0 spiro atoms. The summed E-state index contributed by atoms with van der Waals surface area (Å²) in [5, 5.41) is 16.5. The van der Waals surface area contributed by atoms with Crippen molar-refractivity contribution in [3.05, 3.63) is 16.4 Å². The SMILES string of the molecule is CC(C)(C)N(CC(=O)O)c1cc(Cl)nnc1Cl. The van der Waals surface area contributed by atoms with Crippen LogP contribution in [0.3, 0.4) is 0 Å². The van der Waals surface area contributed by atoms with Crippen LogP contribution in [0.15, 0.2) is 6.07 Å². The Morgan fingerprint density at radius 3 is 2.47 bits per heavy atom.